The van der Waals surface area contributed by atoms with Crippen molar-refractivity contribution in [2.75, 3.05) is 25.1 Å². The fourth-order valence-electron chi connectivity index (χ4n) is 1.51. The van der Waals surface area contributed by atoms with E-state index in [4.69, 9.17) is 9.47 Å². The molecule has 0 aliphatic rings. The third-order valence-corrected chi connectivity index (χ3v) is 3.84. The highest BCUT2D eigenvalue weighted by Crippen LogP contribution is 2.17. The molecule has 0 spiro atoms. The fraction of sp³-hybridized carbons (Fsp3) is 0.200. The van der Waals surface area contributed by atoms with Crippen molar-refractivity contribution in [2.24, 2.45) is 0 Å². The standard InChI is InChI=1S/C15H15BrN2O3S/c1-2-7-17-15-18-13(10-22-15)14(19)21-9-8-20-12-5-3-11(16)4-6-12/h2-6,10H,1,7-9H2,(H,17,18). The van der Waals surface area contributed by atoms with Crippen molar-refractivity contribution in [3.05, 3.63) is 52.5 Å². The van der Waals surface area contributed by atoms with Gasteiger partial charge in [-0.15, -0.1) is 17.9 Å². The Kier molecular flexibility index (Phi) is 6.42. The number of carbonyl (C=O) groups excluding carboxylic acids is 1. The van der Waals surface area contributed by atoms with Gasteiger partial charge in [0, 0.05) is 16.4 Å². The van der Waals surface area contributed by atoms with Crippen molar-refractivity contribution in [3.63, 3.8) is 0 Å². The number of carbonyl (C=O) groups is 1. The number of nitrogens with zero attached hydrogens (tertiary/aromatic N) is 1. The van der Waals surface area contributed by atoms with Crippen LogP contribution in [0.4, 0.5) is 5.13 Å². The summed E-state index contributed by atoms with van der Waals surface area (Å²) < 4.78 is 11.6. The molecule has 0 saturated heterocycles. The average molecular weight is 383 g/mol. The lowest BCUT2D eigenvalue weighted by Gasteiger charge is -2.06. The first-order chi connectivity index (χ1) is 10.7. The Labute approximate surface area is 141 Å². The van der Waals surface area contributed by atoms with Crippen LogP contribution in [-0.4, -0.2) is 30.7 Å². The van der Waals surface area contributed by atoms with Gasteiger partial charge in [0.1, 0.15) is 19.0 Å². The molecule has 1 N–H and O–H groups in total. The van der Waals surface area contributed by atoms with E-state index >= 15 is 0 Å². The number of aromatic nitrogens is 1. The van der Waals surface area contributed by atoms with Gasteiger partial charge in [-0.3, -0.25) is 0 Å². The minimum atomic E-state index is -0.456. The minimum Gasteiger partial charge on any atom is -0.490 e. The van der Waals surface area contributed by atoms with E-state index in [1.165, 1.54) is 11.3 Å². The summed E-state index contributed by atoms with van der Waals surface area (Å²) in [7, 11) is 0. The maximum Gasteiger partial charge on any atom is 0.358 e. The Hall–Kier alpha value is -1.86. The van der Waals surface area contributed by atoms with Crippen molar-refractivity contribution >= 4 is 38.4 Å². The van der Waals surface area contributed by atoms with Crippen LogP contribution in [0.2, 0.25) is 0 Å². The highest BCUT2D eigenvalue weighted by Gasteiger charge is 2.11. The van der Waals surface area contributed by atoms with Crippen LogP contribution >= 0.6 is 27.3 Å². The molecule has 7 heteroatoms. The van der Waals surface area contributed by atoms with Gasteiger partial charge in [-0.25, -0.2) is 9.78 Å². The second-order valence-corrected chi connectivity index (χ2v) is 5.92. The Morgan fingerprint density at radius 1 is 1.36 bits per heavy atom. The van der Waals surface area contributed by atoms with Crippen LogP contribution in [0.15, 0.2) is 46.8 Å². The average Bonchev–Trinajstić information content (AvgIpc) is 3.00. The van der Waals surface area contributed by atoms with Gasteiger partial charge in [0.15, 0.2) is 10.8 Å². The van der Waals surface area contributed by atoms with Gasteiger partial charge in [0.05, 0.1) is 0 Å². The molecule has 1 aromatic carbocycles. The second kappa shape index (κ2) is 8.55. The molecule has 0 amide bonds. The maximum atomic E-state index is 11.8. The van der Waals surface area contributed by atoms with E-state index < -0.39 is 5.97 Å². The molecule has 2 rings (SSSR count). The van der Waals surface area contributed by atoms with Gasteiger partial charge >= 0.3 is 5.97 Å². The lowest BCUT2D eigenvalue weighted by atomic mass is 10.3. The molecule has 0 unspecified atom stereocenters. The van der Waals surface area contributed by atoms with E-state index in [1.54, 1.807) is 11.5 Å². The first kappa shape index (κ1) is 16.5. The van der Waals surface area contributed by atoms with E-state index in [-0.39, 0.29) is 6.61 Å². The summed E-state index contributed by atoms with van der Waals surface area (Å²) in [6, 6.07) is 7.44. The number of hydrogen-bond donors (Lipinski definition) is 1. The minimum absolute atomic E-state index is 0.168. The van der Waals surface area contributed by atoms with Gasteiger partial charge in [-0.05, 0) is 24.3 Å². The quantitative estimate of drug-likeness (QED) is 0.428. The van der Waals surface area contributed by atoms with Gasteiger partial charge < -0.3 is 14.8 Å². The van der Waals surface area contributed by atoms with Gasteiger partial charge in [0.25, 0.3) is 0 Å². The number of benzene rings is 1. The molecule has 0 fully saturated rings. The van der Waals surface area contributed by atoms with Crippen molar-refractivity contribution < 1.29 is 14.3 Å². The Morgan fingerprint density at radius 2 is 2.14 bits per heavy atom. The molecule has 2 aromatic rings. The predicted molar refractivity (Wildman–Crippen MR) is 90.7 cm³/mol. The highest BCUT2D eigenvalue weighted by atomic mass is 79.9. The summed E-state index contributed by atoms with van der Waals surface area (Å²) in [4.78, 5) is 15.9. The molecule has 0 radical (unpaired) electrons. The lowest BCUT2D eigenvalue weighted by Crippen LogP contribution is -2.12. The molecule has 1 heterocycles. The third-order valence-electron chi connectivity index (χ3n) is 2.51. The molecular weight excluding hydrogens is 368 g/mol. The molecule has 0 aliphatic heterocycles. The van der Waals surface area contributed by atoms with Crippen molar-refractivity contribution in [1.29, 1.82) is 0 Å². The number of anilines is 1. The number of esters is 1. The first-order valence-corrected chi connectivity index (χ1v) is 8.22. The van der Waals surface area contributed by atoms with Crippen LogP contribution in [0.1, 0.15) is 10.5 Å². The SMILES string of the molecule is C=CCNc1nc(C(=O)OCCOc2ccc(Br)cc2)cs1. The molecule has 0 aliphatic carbocycles. The topological polar surface area (TPSA) is 60.5 Å². The van der Waals surface area contributed by atoms with Gasteiger partial charge in [-0.2, -0.15) is 0 Å². The van der Waals surface area contributed by atoms with Crippen LogP contribution in [0.25, 0.3) is 0 Å². The largest absolute Gasteiger partial charge is 0.490 e. The second-order valence-electron chi connectivity index (χ2n) is 4.15. The van der Waals surface area contributed by atoms with Crippen LogP contribution < -0.4 is 10.1 Å². The lowest BCUT2D eigenvalue weighted by molar-refractivity contribution is 0.0444. The summed E-state index contributed by atoms with van der Waals surface area (Å²) in [5, 5.41) is 5.34. The number of thiazole rings is 1. The molecule has 116 valence electrons. The molecule has 0 saturated carbocycles. The van der Waals surface area contributed by atoms with E-state index in [1.807, 2.05) is 24.3 Å². The summed E-state index contributed by atoms with van der Waals surface area (Å²) in [5.74, 6) is 0.270. The van der Waals surface area contributed by atoms with Crippen LogP contribution in [0, 0.1) is 0 Å². The van der Waals surface area contributed by atoms with E-state index in [9.17, 15) is 4.79 Å². The van der Waals surface area contributed by atoms with E-state index in [2.05, 4.69) is 32.8 Å². The Morgan fingerprint density at radius 3 is 2.86 bits per heavy atom. The third kappa shape index (κ3) is 5.16. The number of ether oxygens (including phenoxy) is 2. The number of nitrogens with one attached hydrogen (secondary N) is 1. The van der Waals surface area contributed by atoms with Crippen molar-refractivity contribution in [3.8, 4) is 5.75 Å². The molecule has 0 bridgehead atoms. The normalized spacial score (nSPS) is 10.0. The number of rotatable bonds is 8. The first-order valence-electron chi connectivity index (χ1n) is 6.55. The maximum absolute atomic E-state index is 11.8. The Balaban J connectivity index is 1.72. The van der Waals surface area contributed by atoms with Crippen molar-refractivity contribution in [2.45, 2.75) is 0 Å². The molecule has 0 atom stereocenters. The van der Waals surface area contributed by atoms with Gasteiger partial charge in [0.2, 0.25) is 0 Å². The van der Waals surface area contributed by atoms with Gasteiger partial charge in [-0.1, -0.05) is 22.0 Å². The Bertz CT molecular complexity index is 628. The summed E-state index contributed by atoms with van der Waals surface area (Å²) in [6.07, 6.45) is 1.72. The molecular formula is C15H15BrN2O3S. The summed E-state index contributed by atoms with van der Waals surface area (Å²) in [6.45, 7) is 4.66. The van der Waals surface area contributed by atoms with Crippen molar-refractivity contribution in [1.82, 2.24) is 4.98 Å². The van der Waals surface area contributed by atoms with Crippen LogP contribution in [-0.2, 0) is 4.74 Å². The van der Waals surface area contributed by atoms with E-state index in [0.717, 1.165) is 10.2 Å². The molecule has 1 aromatic heterocycles. The van der Waals surface area contributed by atoms with Crippen LogP contribution in [0.5, 0.6) is 5.75 Å². The number of halogens is 1. The summed E-state index contributed by atoms with van der Waals surface area (Å²) >= 11 is 4.70. The van der Waals surface area contributed by atoms with E-state index in [0.29, 0.717) is 24.0 Å². The zero-order valence-electron chi connectivity index (χ0n) is 11.8. The van der Waals surface area contributed by atoms with Crippen LogP contribution in [0.3, 0.4) is 0 Å². The number of hydrogen-bond acceptors (Lipinski definition) is 6. The zero-order valence-corrected chi connectivity index (χ0v) is 14.2. The molecule has 5 nitrogen and oxygen atoms in total. The smallest absolute Gasteiger partial charge is 0.358 e. The summed E-state index contributed by atoms with van der Waals surface area (Å²) in [5.41, 5.74) is 0.292. The monoisotopic (exact) mass is 382 g/mol. The predicted octanol–water partition coefficient (Wildman–Crippen LogP) is 3.74. The molecule has 22 heavy (non-hydrogen) atoms. The highest BCUT2D eigenvalue weighted by molar-refractivity contribution is 9.10. The zero-order chi connectivity index (χ0) is 15.8. The fourth-order valence-corrected chi connectivity index (χ4v) is 2.46.